The average Bonchev–Trinajstić information content (AvgIpc) is 2.96. The number of nitrogens with one attached hydrogen (secondary N) is 1. The number of rotatable bonds is 11. The summed E-state index contributed by atoms with van der Waals surface area (Å²) in [5.74, 6) is 1.44. The van der Waals surface area contributed by atoms with Crippen molar-refractivity contribution in [3.05, 3.63) is 46.1 Å². The third kappa shape index (κ3) is 6.81. The molecule has 1 fully saturated rings. The number of anilines is 2. The fourth-order valence-electron chi connectivity index (χ4n) is 4.73. The molecule has 4 rings (SSSR count). The first-order valence-electron chi connectivity index (χ1n) is 13.1. The van der Waals surface area contributed by atoms with Gasteiger partial charge in [0.2, 0.25) is 0 Å². The predicted molar refractivity (Wildman–Crippen MR) is 155 cm³/mol. The van der Waals surface area contributed by atoms with Crippen LogP contribution in [0.2, 0.25) is 10.0 Å². The Balaban J connectivity index is 1.46. The monoisotopic (exact) mass is 586 g/mol. The van der Waals surface area contributed by atoms with Crippen LogP contribution in [0.4, 0.5) is 11.4 Å². The highest BCUT2D eigenvalue weighted by Gasteiger charge is 2.25. The van der Waals surface area contributed by atoms with Crippen LogP contribution in [-0.4, -0.2) is 62.9 Å². The van der Waals surface area contributed by atoms with Crippen LogP contribution in [0, 0.1) is 17.2 Å². The van der Waals surface area contributed by atoms with Crippen molar-refractivity contribution in [2.24, 2.45) is 5.92 Å². The highest BCUT2D eigenvalue weighted by molar-refractivity contribution is 6.37. The van der Waals surface area contributed by atoms with E-state index in [1.807, 2.05) is 6.92 Å². The average molecular weight is 588 g/mol. The van der Waals surface area contributed by atoms with E-state index < -0.39 is 0 Å². The van der Waals surface area contributed by atoms with E-state index in [0.29, 0.717) is 68.3 Å². The van der Waals surface area contributed by atoms with Crippen LogP contribution in [0.25, 0.3) is 10.9 Å². The van der Waals surface area contributed by atoms with E-state index in [-0.39, 0.29) is 11.9 Å². The number of nitrogens with zero attached hydrogens (tertiary/aromatic N) is 3. The van der Waals surface area contributed by atoms with Crippen LogP contribution in [0.5, 0.6) is 17.2 Å². The maximum Gasteiger partial charge on any atom is 0.309 e. The van der Waals surface area contributed by atoms with Gasteiger partial charge in [0.1, 0.15) is 11.8 Å². The van der Waals surface area contributed by atoms with Gasteiger partial charge in [-0.1, -0.05) is 23.2 Å². The van der Waals surface area contributed by atoms with Gasteiger partial charge >= 0.3 is 5.97 Å². The second kappa shape index (κ2) is 13.8. The maximum absolute atomic E-state index is 12.0. The fraction of sp³-hybridized carbons (Fsp3) is 0.414. The Hall–Kier alpha value is -3.45. The number of carbonyl (C=O) groups excluding carboxylic acids is 1. The first-order chi connectivity index (χ1) is 19.4. The molecule has 0 amide bonds. The number of pyridine rings is 1. The number of carbonyl (C=O) groups is 1. The number of nitriles is 1. The second-order valence-electron chi connectivity index (χ2n) is 9.34. The minimum Gasteiger partial charge on any atom is -0.495 e. The summed E-state index contributed by atoms with van der Waals surface area (Å²) in [4.78, 5) is 18.8. The Kier molecular flexibility index (Phi) is 10.2. The smallest absolute Gasteiger partial charge is 0.309 e. The molecule has 2 heterocycles. The number of likely N-dealkylation sites (tertiary alicyclic amines) is 1. The molecule has 0 saturated carbocycles. The van der Waals surface area contributed by atoms with E-state index in [0.717, 1.165) is 38.9 Å². The number of hydrogen-bond donors (Lipinski definition) is 1. The maximum atomic E-state index is 12.0. The summed E-state index contributed by atoms with van der Waals surface area (Å²) < 4.78 is 22.2. The number of halogens is 2. The molecule has 0 unspecified atom stereocenters. The summed E-state index contributed by atoms with van der Waals surface area (Å²) in [6, 6.07) is 9.03. The molecule has 0 aliphatic carbocycles. The first kappa shape index (κ1) is 29.5. The molecular weight excluding hydrogens is 555 g/mol. The number of esters is 1. The molecule has 40 heavy (non-hydrogen) atoms. The van der Waals surface area contributed by atoms with Gasteiger partial charge in [0.05, 0.1) is 65.9 Å². The van der Waals surface area contributed by atoms with Gasteiger partial charge in [-0.25, -0.2) is 0 Å². The summed E-state index contributed by atoms with van der Waals surface area (Å²) in [7, 11) is 3.08. The zero-order chi connectivity index (χ0) is 28.6. The van der Waals surface area contributed by atoms with Gasteiger partial charge in [0, 0.05) is 30.3 Å². The lowest BCUT2D eigenvalue weighted by atomic mass is 9.97. The summed E-state index contributed by atoms with van der Waals surface area (Å²) >= 11 is 12.6. The van der Waals surface area contributed by atoms with E-state index >= 15 is 0 Å². The predicted octanol–water partition coefficient (Wildman–Crippen LogP) is 6.22. The van der Waals surface area contributed by atoms with E-state index in [1.54, 1.807) is 31.4 Å². The van der Waals surface area contributed by atoms with Gasteiger partial charge < -0.3 is 29.2 Å². The Morgan fingerprint density at radius 2 is 1.85 bits per heavy atom. The fourth-order valence-corrected chi connectivity index (χ4v) is 5.24. The van der Waals surface area contributed by atoms with Crippen molar-refractivity contribution in [3.8, 4) is 23.3 Å². The van der Waals surface area contributed by atoms with Crippen molar-refractivity contribution in [1.82, 2.24) is 9.88 Å². The van der Waals surface area contributed by atoms with Crippen LogP contribution in [0.3, 0.4) is 0 Å². The molecule has 212 valence electrons. The van der Waals surface area contributed by atoms with Crippen molar-refractivity contribution in [1.29, 1.82) is 5.26 Å². The molecule has 1 aromatic heterocycles. The van der Waals surface area contributed by atoms with E-state index in [4.69, 9.17) is 42.1 Å². The van der Waals surface area contributed by atoms with E-state index in [1.165, 1.54) is 13.3 Å². The zero-order valence-corrected chi connectivity index (χ0v) is 24.3. The van der Waals surface area contributed by atoms with Gasteiger partial charge in [-0.3, -0.25) is 9.78 Å². The molecule has 1 aliphatic rings. The normalized spacial score (nSPS) is 14.0. The zero-order valence-electron chi connectivity index (χ0n) is 22.8. The number of methoxy groups -OCH3 is 2. The number of hydrogen-bond acceptors (Lipinski definition) is 9. The minimum atomic E-state index is -0.0845. The number of ether oxygens (including phenoxy) is 4. The summed E-state index contributed by atoms with van der Waals surface area (Å²) in [6.07, 6.45) is 3.95. The van der Waals surface area contributed by atoms with Crippen molar-refractivity contribution in [2.45, 2.75) is 26.2 Å². The molecule has 1 aliphatic heterocycles. The van der Waals surface area contributed by atoms with Gasteiger partial charge in [-0.05, 0) is 51.4 Å². The SMILES string of the molecule is CCOC(=O)C1CCN(CCCOc2cc3ncc(C#N)c(Nc4cc(OC)c(Cl)cc4Cl)c3cc2OC)CC1. The van der Waals surface area contributed by atoms with Crippen molar-refractivity contribution in [2.75, 3.05) is 52.4 Å². The van der Waals surface area contributed by atoms with Crippen LogP contribution in [0.15, 0.2) is 30.5 Å². The molecule has 0 spiro atoms. The molecule has 1 N–H and O–H groups in total. The lowest BCUT2D eigenvalue weighted by Gasteiger charge is -2.30. The number of aromatic nitrogens is 1. The molecular formula is C29H32Cl2N4O5. The second-order valence-corrected chi connectivity index (χ2v) is 10.2. The largest absolute Gasteiger partial charge is 0.495 e. The molecule has 11 heteroatoms. The topological polar surface area (TPSA) is 106 Å². The molecule has 0 atom stereocenters. The lowest BCUT2D eigenvalue weighted by molar-refractivity contribution is -0.149. The van der Waals surface area contributed by atoms with Crippen LogP contribution < -0.4 is 19.5 Å². The quantitative estimate of drug-likeness (QED) is 0.207. The van der Waals surface area contributed by atoms with Crippen molar-refractivity contribution < 1.29 is 23.7 Å². The Morgan fingerprint density at radius 3 is 2.52 bits per heavy atom. The molecule has 0 bridgehead atoms. The van der Waals surface area contributed by atoms with Crippen molar-refractivity contribution in [3.63, 3.8) is 0 Å². The standard InChI is InChI=1S/C29H32Cl2N4O5/c1-4-39-29(36)18-6-9-35(10-7-18)8-5-11-40-27-14-23-20(12-26(27)38-3)28(19(16-32)17-33-23)34-24-15-25(37-2)22(31)13-21(24)30/h12-15,17-18H,4-11H2,1-3H3,(H,33,34). The van der Waals surface area contributed by atoms with E-state index in [2.05, 4.69) is 21.3 Å². The van der Waals surface area contributed by atoms with E-state index in [9.17, 15) is 10.1 Å². The molecule has 1 saturated heterocycles. The summed E-state index contributed by atoms with van der Waals surface area (Å²) in [5, 5.41) is 14.4. The van der Waals surface area contributed by atoms with Crippen LogP contribution >= 0.6 is 23.2 Å². The Morgan fingerprint density at radius 1 is 1.10 bits per heavy atom. The highest BCUT2D eigenvalue weighted by atomic mass is 35.5. The first-order valence-corrected chi connectivity index (χ1v) is 13.9. The third-order valence-electron chi connectivity index (χ3n) is 6.86. The molecule has 0 radical (unpaired) electrons. The van der Waals surface area contributed by atoms with Gasteiger partial charge in [-0.15, -0.1) is 0 Å². The number of fused-ring (bicyclic) bond motifs is 1. The summed E-state index contributed by atoms with van der Waals surface area (Å²) in [6.45, 7) is 5.35. The third-order valence-corrected chi connectivity index (χ3v) is 7.47. The Labute approximate surface area is 243 Å². The Bertz CT molecular complexity index is 1400. The number of piperidine rings is 1. The van der Waals surface area contributed by atoms with Gasteiger partial charge in [0.15, 0.2) is 11.5 Å². The molecule has 9 nitrogen and oxygen atoms in total. The highest BCUT2D eigenvalue weighted by Crippen LogP contribution is 2.40. The van der Waals surface area contributed by atoms with Gasteiger partial charge in [-0.2, -0.15) is 5.26 Å². The molecule has 3 aromatic rings. The van der Waals surface area contributed by atoms with Crippen molar-refractivity contribution >= 4 is 51.4 Å². The van der Waals surface area contributed by atoms with Gasteiger partial charge in [0.25, 0.3) is 0 Å². The molecule has 2 aromatic carbocycles. The lowest BCUT2D eigenvalue weighted by Crippen LogP contribution is -2.37. The van der Waals surface area contributed by atoms with Crippen LogP contribution in [0.1, 0.15) is 31.7 Å². The summed E-state index contributed by atoms with van der Waals surface area (Å²) in [5.41, 5.74) is 2.00. The number of benzene rings is 2. The van der Waals surface area contributed by atoms with Crippen LogP contribution in [-0.2, 0) is 9.53 Å². The minimum absolute atomic E-state index is 0.000451.